The Hall–Kier alpha value is -2.47. The molecule has 0 bridgehead atoms. The first-order valence-corrected chi connectivity index (χ1v) is 6.29. The van der Waals surface area contributed by atoms with E-state index < -0.39 is 17.5 Å². The first-order valence-electron chi connectivity index (χ1n) is 6.29. The Labute approximate surface area is 120 Å². The van der Waals surface area contributed by atoms with E-state index in [2.05, 4.69) is 5.32 Å². The number of anilines is 1. The molecule has 2 aromatic rings. The molecule has 4 nitrogen and oxygen atoms in total. The summed E-state index contributed by atoms with van der Waals surface area (Å²) in [6.45, 7) is 0.742. The lowest BCUT2D eigenvalue weighted by Crippen LogP contribution is -2.13. The number of ether oxygens (including phenoxy) is 1. The van der Waals surface area contributed by atoms with Gasteiger partial charge in [0.1, 0.15) is 12.4 Å². The fourth-order valence-corrected chi connectivity index (χ4v) is 1.68. The summed E-state index contributed by atoms with van der Waals surface area (Å²) in [5.74, 6) is -2.04. The summed E-state index contributed by atoms with van der Waals surface area (Å²) in [4.78, 5) is 11.9. The second-order valence-electron chi connectivity index (χ2n) is 4.25. The number of nitrogens with one attached hydrogen (secondary N) is 1. The van der Waals surface area contributed by atoms with Gasteiger partial charge in [-0.05, 0) is 30.3 Å². The van der Waals surface area contributed by atoms with E-state index in [9.17, 15) is 13.6 Å². The SMILES string of the molecule is NCCOc1cccc(NC(=O)c2ccc(F)c(F)c2)c1. The maximum Gasteiger partial charge on any atom is 0.255 e. The van der Waals surface area contributed by atoms with Gasteiger partial charge < -0.3 is 15.8 Å². The molecule has 0 aliphatic heterocycles. The minimum Gasteiger partial charge on any atom is -0.492 e. The molecule has 2 aromatic carbocycles. The van der Waals surface area contributed by atoms with Crippen molar-refractivity contribution in [2.75, 3.05) is 18.5 Å². The monoisotopic (exact) mass is 292 g/mol. The van der Waals surface area contributed by atoms with Gasteiger partial charge in [-0.25, -0.2) is 8.78 Å². The van der Waals surface area contributed by atoms with Crippen molar-refractivity contribution in [3.05, 3.63) is 59.7 Å². The molecule has 6 heteroatoms. The van der Waals surface area contributed by atoms with Crippen molar-refractivity contribution in [3.8, 4) is 5.75 Å². The number of carbonyl (C=O) groups is 1. The van der Waals surface area contributed by atoms with Crippen molar-refractivity contribution in [3.63, 3.8) is 0 Å². The van der Waals surface area contributed by atoms with Crippen molar-refractivity contribution in [2.24, 2.45) is 5.73 Å². The number of hydrogen-bond donors (Lipinski definition) is 2. The van der Waals surface area contributed by atoms with Gasteiger partial charge in [0, 0.05) is 23.9 Å². The van der Waals surface area contributed by atoms with Crippen molar-refractivity contribution < 1.29 is 18.3 Å². The molecule has 0 unspecified atom stereocenters. The highest BCUT2D eigenvalue weighted by molar-refractivity contribution is 6.04. The van der Waals surface area contributed by atoms with E-state index in [0.717, 1.165) is 12.1 Å². The van der Waals surface area contributed by atoms with Crippen LogP contribution >= 0.6 is 0 Å². The van der Waals surface area contributed by atoms with Crippen molar-refractivity contribution in [1.29, 1.82) is 0 Å². The van der Waals surface area contributed by atoms with Crippen LogP contribution in [-0.4, -0.2) is 19.1 Å². The maximum atomic E-state index is 13.1. The van der Waals surface area contributed by atoms with E-state index in [1.807, 2.05) is 0 Å². The highest BCUT2D eigenvalue weighted by Gasteiger charge is 2.10. The Bertz CT molecular complexity index is 647. The molecule has 0 aromatic heterocycles. The Morgan fingerprint density at radius 2 is 1.95 bits per heavy atom. The van der Waals surface area contributed by atoms with Crippen LogP contribution in [0.5, 0.6) is 5.75 Å². The third-order valence-corrected chi connectivity index (χ3v) is 2.66. The summed E-state index contributed by atoms with van der Waals surface area (Å²) in [5.41, 5.74) is 5.85. The molecular formula is C15H14F2N2O2. The summed E-state index contributed by atoms with van der Waals surface area (Å²) in [6, 6.07) is 9.67. The summed E-state index contributed by atoms with van der Waals surface area (Å²) in [7, 11) is 0. The van der Waals surface area contributed by atoms with Gasteiger partial charge in [-0.3, -0.25) is 4.79 Å². The Morgan fingerprint density at radius 1 is 1.14 bits per heavy atom. The first-order chi connectivity index (χ1) is 10.1. The van der Waals surface area contributed by atoms with E-state index in [-0.39, 0.29) is 5.56 Å². The van der Waals surface area contributed by atoms with Gasteiger partial charge in [0.15, 0.2) is 11.6 Å². The minimum atomic E-state index is -1.07. The predicted octanol–water partition coefficient (Wildman–Crippen LogP) is 2.55. The lowest BCUT2D eigenvalue weighted by atomic mass is 10.2. The molecule has 1 amide bonds. The van der Waals surface area contributed by atoms with Crippen LogP contribution in [0, 0.1) is 11.6 Å². The first kappa shape index (κ1) is 14.9. The quantitative estimate of drug-likeness (QED) is 0.890. The lowest BCUT2D eigenvalue weighted by Gasteiger charge is -2.08. The Morgan fingerprint density at radius 3 is 2.67 bits per heavy atom. The number of carbonyl (C=O) groups excluding carboxylic acids is 1. The lowest BCUT2D eigenvalue weighted by molar-refractivity contribution is 0.102. The van der Waals surface area contributed by atoms with Gasteiger partial charge in [0.25, 0.3) is 5.91 Å². The fourth-order valence-electron chi connectivity index (χ4n) is 1.68. The van der Waals surface area contributed by atoms with Crippen molar-refractivity contribution >= 4 is 11.6 Å². The molecule has 0 fully saturated rings. The number of hydrogen-bond acceptors (Lipinski definition) is 3. The highest BCUT2D eigenvalue weighted by Crippen LogP contribution is 2.18. The molecule has 2 rings (SSSR count). The van der Waals surface area contributed by atoms with E-state index in [0.29, 0.717) is 24.6 Å². The minimum absolute atomic E-state index is 0.0298. The van der Waals surface area contributed by atoms with Gasteiger partial charge in [-0.1, -0.05) is 6.07 Å². The van der Waals surface area contributed by atoms with Crippen LogP contribution in [0.3, 0.4) is 0 Å². The number of nitrogens with two attached hydrogens (primary N) is 1. The Kier molecular flexibility index (Phi) is 4.84. The average Bonchev–Trinajstić information content (AvgIpc) is 2.48. The topological polar surface area (TPSA) is 64.3 Å². The molecule has 110 valence electrons. The second kappa shape index (κ2) is 6.81. The molecule has 21 heavy (non-hydrogen) atoms. The largest absolute Gasteiger partial charge is 0.492 e. The highest BCUT2D eigenvalue weighted by atomic mass is 19.2. The zero-order valence-corrected chi connectivity index (χ0v) is 11.1. The second-order valence-corrected chi connectivity index (χ2v) is 4.25. The van der Waals surface area contributed by atoms with Crippen LogP contribution in [0.25, 0.3) is 0 Å². The number of amides is 1. The summed E-state index contributed by atoms with van der Waals surface area (Å²) in [6.07, 6.45) is 0. The number of rotatable bonds is 5. The normalized spacial score (nSPS) is 10.2. The van der Waals surface area contributed by atoms with E-state index >= 15 is 0 Å². The van der Waals surface area contributed by atoms with E-state index in [1.165, 1.54) is 6.07 Å². The molecule has 0 radical (unpaired) electrons. The fraction of sp³-hybridized carbons (Fsp3) is 0.133. The molecule has 0 spiro atoms. The zero-order chi connectivity index (χ0) is 15.2. The zero-order valence-electron chi connectivity index (χ0n) is 11.1. The molecule has 0 saturated heterocycles. The van der Waals surface area contributed by atoms with E-state index in [1.54, 1.807) is 24.3 Å². The number of benzene rings is 2. The third-order valence-electron chi connectivity index (χ3n) is 2.66. The number of halogens is 2. The van der Waals surface area contributed by atoms with Crippen LogP contribution in [0.1, 0.15) is 10.4 Å². The van der Waals surface area contributed by atoms with Crippen LogP contribution in [0.15, 0.2) is 42.5 Å². The maximum absolute atomic E-state index is 13.1. The molecule has 0 heterocycles. The summed E-state index contributed by atoms with van der Waals surface area (Å²) < 4.78 is 31.3. The average molecular weight is 292 g/mol. The van der Waals surface area contributed by atoms with Gasteiger partial charge in [-0.2, -0.15) is 0 Å². The summed E-state index contributed by atoms with van der Waals surface area (Å²) in [5, 5.41) is 2.58. The van der Waals surface area contributed by atoms with E-state index in [4.69, 9.17) is 10.5 Å². The van der Waals surface area contributed by atoms with Gasteiger partial charge in [0.2, 0.25) is 0 Å². The van der Waals surface area contributed by atoms with Crippen LogP contribution < -0.4 is 15.8 Å². The molecule has 0 saturated carbocycles. The van der Waals surface area contributed by atoms with Gasteiger partial charge in [-0.15, -0.1) is 0 Å². The molecule has 3 N–H and O–H groups in total. The van der Waals surface area contributed by atoms with Gasteiger partial charge in [0.05, 0.1) is 0 Å². The summed E-state index contributed by atoms with van der Waals surface area (Å²) >= 11 is 0. The van der Waals surface area contributed by atoms with Crippen LogP contribution in [0.2, 0.25) is 0 Å². The standard InChI is InChI=1S/C15H14F2N2O2/c16-13-5-4-10(8-14(13)17)15(20)19-11-2-1-3-12(9-11)21-7-6-18/h1-5,8-9H,6-7,18H2,(H,19,20). The van der Waals surface area contributed by atoms with Gasteiger partial charge >= 0.3 is 0 Å². The van der Waals surface area contributed by atoms with Crippen LogP contribution in [0.4, 0.5) is 14.5 Å². The predicted molar refractivity (Wildman–Crippen MR) is 75.3 cm³/mol. The Balaban J connectivity index is 2.10. The molecule has 0 atom stereocenters. The molecule has 0 aliphatic rings. The van der Waals surface area contributed by atoms with Crippen molar-refractivity contribution in [1.82, 2.24) is 0 Å². The molecule has 0 aliphatic carbocycles. The molecular weight excluding hydrogens is 278 g/mol. The third kappa shape index (κ3) is 4.00. The van der Waals surface area contributed by atoms with Crippen molar-refractivity contribution in [2.45, 2.75) is 0 Å². The smallest absolute Gasteiger partial charge is 0.255 e. The van der Waals surface area contributed by atoms with Crippen LogP contribution in [-0.2, 0) is 0 Å².